The number of benzene rings is 1. The minimum absolute atomic E-state index is 0.285. The van der Waals surface area contributed by atoms with Crippen LogP contribution in [0.15, 0.2) is 24.3 Å². The molecule has 0 aromatic heterocycles. The highest BCUT2D eigenvalue weighted by Crippen LogP contribution is 2.35. The van der Waals surface area contributed by atoms with Gasteiger partial charge in [-0.2, -0.15) is 24.9 Å². The van der Waals surface area contributed by atoms with Gasteiger partial charge in [-0.25, -0.2) is 0 Å². The van der Waals surface area contributed by atoms with E-state index in [0.29, 0.717) is 11.5 Å². The number of halogens is 3. The van der Waals surface area contributed by atoms with Gasteiger partial charge in [0.1, 0.15) is 0 Å². The predicted octanol–water partition coefficient (Wildman–Crippen LogP) is 3.46. The van der Waals surface area contributed by atoms with E-state index in [0.717, 1.165) is 24.0 Å². The van der Waals surface area contributed by atoms with Crippen molar-refractivity contribution >= 4 is 11.8 Å². The van der Waals surface area contributed by atoms with Crippen molar-refractivity contribution in [1.29, 1.82) is 0 Å². The van der Waals surface area contributed by atoms with Crippen LogP contribution in [0.4, 0.5) is 13.2 Å². The monoisotopic (exact) mass is 261 g/mol. The average molecular weight is 261 g/mol. The van der Waals surface area contributed by atoms with Gasteiger partial charge in [0.05, 0.1) is 5.56 Å². The number of nitrogens with two attached hydrogens (primary N) is 1. The normalized spacial score (nSPS) is 22.7. The van der Waals surface area contributed by atoms with Crippen molar-refractivity contribution in [3.05, 3.63) is 35.4 Å². The van der Waals surface area contributed by atoms with Crippen molar-refractivity contribution in [1.82, 2.24) is 0 Å². The Labute approximate surface area is 103 Å². The minimum atomic E-state index is -4.29. The predicted molar refractivity (Wildman–Crippen MR) is 63.8 cm³/mol. The number of hydrogen-bond donors (Lipinski definition) is 1. The third kappa shape index (κ3) is 2.96. The van der Waals surface area contributed by atoms with E-state index in [1.165, 1.54) is 12.1 Å². The first-order chi connectivity index (χ1) is 7.98. The Balaban J connectivity index is 2.20. The molecule has 1 aromatic carbocycles. The molecule has 1 aromatic rings. The summed E-state index contributed by atoms with van der Waals surface area (Å²) in [6.07, 6.45) is -3.30. The topological polar surface area (TPSA) is 26.0 Å². The van der Waals surface area contributed by atoms with E-state index in [-0.39, 0.29) is 6.04 Å². The molecule has 94 valence electrons. The summed E-state index contributed by atoms with van der Waals surface area (Å²) in [7, 11) is 0. The van der Waals surface area contributed by atoms with E-state index < -0.39 is 11.7 Å². The van der Waals surface area contributed by atoms with Crippen LogP contribution in [-0.2, 0) is 6.18 Å². The Bertz CT molecular complexity index is 386. The molecule has 1 nitrogen and oxygen atoms in total. The summed E-state index contributed by atoms with van der Waals surface area (Å²) < 4.78 is 37.7. The fourth-order valence-electron chi connectivity index (χ4n) is 2.03. The van der Waals surface area contributed by atoms with Crippen LogP contribution in [0.2, 0.25) is 0 Å². The van der Waals surface area contributed by atoms with Crippen LogP contribution in [0.25, 0.3) is 0 Å². The Kier molecular flexibility index (Phi) is 3.68. The lowest BCUT2D eigenvalue weighted by molar-refractivity contribution is -0.137. The van der Waals surface area contributed by atoms with E-state index in [9.17, 15) is 13.2 Å². The minimum Gasteiger partial charge on any atom is -0.324 e. The van der Waals surface area contributed by atoms with Gasteiger partial charge in [0.2, 0.25) is 0 Å². The summed E-state index contributed by atoms with van der Waals surface area (Å²) in [6, 6.07) is 5.09. The molecular formula is C12H14F3NS. The van der Waals surface area contributed by atoms with Crippen LogP contribution >= 0.6 is 11.8 Å². The molecule has 2 unspecified atom stereocenters. The van der Waals surface area contributed by atoms with E-state index >= 15 is 0 Å². The quantitative estimate of drug-likeness (QED) is 0.882. The molecule has 1 aliphatic heterocycles. The van der Waals surface area contributed by atoms with Gasteiger partial charge >= 0.3 is 6.18 Å². The maximum Gasteiger partial charge on any atom is 0.416 e. The Morgan fingerprint density at radius 3 is 2.71 bits per heavy atom. The van der Waals surface area contributed by atoms with Gasteiger partial charge in [-0.3, -0.25) is 0 Å². The zero-order valence-electron chi connectivity index (χ0n) is 9.20. The lowest BCUT2D eigenvalue weighted by Crippen LogP contribution is -2.21. The highest BCUT2D eigenvalue weighted by molar-refractivity contribution is 7.99. The molecule has 1 saturated heterocycles. The molecular weight excluding hydrogens is 247 g/mol. The van der Waals surface area contributed by atoms with Crippen molar-refractivity contribution in [2.45, 2.75) is 18.6 Å². The van der Waals surface area contributed by atoms with Crippen LogP contribution in [0, 0.1) is 5.92 Å². The van der Waals surface area contributed by atoms with Gasteiger partial charge in [0.25, 0.3) is 0 Å². The molecule has 0 bridgehead atoms. The summed E-state index contributed by atoms with van der Waals surface area (Å²) in [5.41, 5.74) is 6.01. The van der Waals surface area contributed by atoms with Crippen LogP contribution in [-0.4, -0.2) is 11.5 Å². The molecule has 1 aliphatic rings. The van der Waals surface area contributed by atoms with Crippen LogP contribution in [0.3, 0.4) is 0 Å². The smallest absolute Gasteiger partial charge is 0.324 e. The van der Waals surface area contributed by atoms with E-state index in [4.69, 9.17) is 5.73 Å². The molecule has 0 aliphatic carbocycles. The standard InChI is InChI=1S/C12H14F3NS/c13-12(14,15)10-3-1-2-8(6-10)11(16)9-4-5-17-7-9/h1-3,6,9,11H,4-5,7,16H2. The summed E-state index contributed by atoms with van der Waals surface area (Å²) in [5, 5.41) is 0. The fraction of sp³-hybridized carbons (Fsp3) is 0.500. The highest BCUT2D eigenvalue weighted by Gasteiger charge is 2.31. The highest BCUT2D eigenvalue weighted by atomic mass is 32.2. The maximum atomic E-state index is 12.6. The lowest BCUT2D eigenvalue weighted by atomic mass is 9.92. The number of alkyl halides is 3. The fourth-order valence-corrected chi connectivity index (χ4v) is 3.34. The third-order valence-electron chi connectivity index (χ3n) is 3.07. The van der Waals surface area contributed by atoms with Gasteiger partial charge in [0.15, 0.2) is 0 Å². The molecule has 1 fully saturated rings. The molecule has 17 heavy (non-hydrogen) atoms. The summed E-state index contributed by atoms with van der Waals surface area (Å²) in [5.74, 6) is 2.29. The summed E-state index contributed by atoms with van der Waals surface area (Å²) >= 11 is 1.81. The zero-order chi connectivity index (χ0) is 12.5. The zero-order valence-corrected chi connectivity index (χ0v) is 10.0. The molecule has 0 spiro atoms. The second-order valence-electron chi connectivity index (χ2n) is 4.27. The van der Waals surface area contributed by atoms with Crippen molar-refractivity contribution in [3.8, 4) is 0 Å². The number of rotatable bonds is 2. The van der Waals surface area contributed by atoms with Gasteiger partial charge in [-0.15, -0.1) is 0 Å². The Hall–Kier alpha value is -0.680. The van der Waals surface area contributed by atoms with Crippen molar-refractivity contribution in [3.63, 3.8) is 0 Å². The van der Waals surface area contributed by atoms with Gasteiger partial charge in [-0.1, -0.05) is 12.1 Å². The van der Waals surface area contributed by atoms with Crippen LogP contribution in [0.1, 0.15) is 23.6 Å². The second kappa shape index (κ2) is 4.90. The molecule has 5 heteroatoms. The number of hydrogen-bond acceptors (Lipinski definition) is 2. The summed E-state index contributed by atoms with van der Waals surface area (Å²) in [6.45, 7) is 0. The van der Waals surface area contributed by atoms with Crippen molar-refractivity contribution in [2.24, 2.45) is 11.7 Å². The first-order valence-corrected chi connectivity index (χ1v) is 6.64. The van der Waals surface area contributed by atoms with Gasteiger partial charge < -0.3 is 5.73 Å². The Morgan fingerprint density at radius 2 is 2.12 bits per heavy atom. The molecule has 0 radical (unpaired) electrons. The largest absolute Gasteiger partial charge is 0.416 e. The first-order valence-electron chi connectivity index (χ1n) is 5.49. The third-order valence-corrected chi connectivity index (χ3v) is 4.26. The SMILES string of the molecule is NC(c1cccc(C(F)(F)F)c1)C1CCSC1. The van der Waals surface area contributed by atoms with Crippen molar-refractivity contribution in [2.75, 3.05) is 11.5 Å². The molecule has 1 heterocycles. The van der Waals surface area contributed by atoms with E-state index in [1.54, 1.807) is 6.07 Å². The van der Waals surface area contributed by atoms with E-state index in [2.05, 4.69) is 0 Å². The Morgan fingerprint density at radius 1 is 1.35 bits per heavy atom. The molecule has 0 amide bonds. The first kappa shape index (κ1) is 12.8. The summed E-state index contributed by atoms with van der Waals surface area (Å²) in [4.78, 5) is 0. The lowest BCUT2D eigenvalue weighted by Gasteiger charge is -2.19. The van der Waals surface area contributed by atoms with Crippen LogP contribution < -0.4 is 5.73 Å². The molecule has 2 rings (SSSR count). The molecule has 0 saturated carbocycles. The molecule has 2 atom stereocenters. The van der Waals surface area contributed by atoms with Crippen LogP contribution in [0.5, 0.6) is 0 Å². The second-order valence-corrected chi connectivity index (χ2v) is 5.42. The van der Waals surface area contributed by atoms with Gasteiger partial charge in [-0.05, 0) is 41.5 Å². The maximum absolute atomic E-state index is 12.6. The van der Waals surface area contributed by atoms with Gasteiger partial charge in [0, 0.05) is 6.04 Å². The van der Waals surface area contributed by atoms with E-state index in [1.807, 2.05) is 11.8 Å². The van der Waals surface area contributed by atoms with Crippen molar-refractivity contribution < 1.29 is 13.2 Å². The number of thioether (sulfide) groups is 1. The molecule has 2 N–H and O–H groups in total. The average Bonchev–Trinajstić information content (AvgIpc) is 2.80.